The molecule has 5 nitrogen and oxygen atoms in total. The molecule has 4 aromatic rings. The van der Waals surface area contributed by atoms with Crippen LogP contribution in [0.15, 0.2) is 69.7 Å². The summed E-state index contributed by atoms with van der Waals surface area (Å²) in [5.74, 6) is -0.755. The van der Waals surface area contributed by atoms with Crippen LogP contribution in [0.2, 0.25) is 0 Å². The van der Waals surface area contributed by atoms with Crippen LogP contribution in [0, 0.1) is 17.5 Å². The molecule has 0 radical (unpaired) electrons. The monoisotopic (exact) mass is 475 g/mol. The molecule has 0 saturated heterocycles. The lowest BCUT2D eigenvalue weighted by molar-refractivity contribution is 0.384. The molecule has 4 rings (SSSR count). The van der Waals surface area contributed by atoms with Crippen LogP contribution in [0.25, 0.3) is 11.4 Å². The first-order chi connectivity index (χ1) is 14.5. The Morgan fingerprint density at radius 2 is 1.60 bits per heavy atom. The van der Waals surface area contributed by atoms with Crippen LogP contribution in [0.4, 0.5) is 18.9 Å². The van der Waals surface area contributed by atoms with Gasteiger partial charge in [0, 0.05) is 11.3 Å². The van der Waals surface area contributed by atoms with E-state index in [-0.39, 0.29) is 24.1 Å². The standard InChI is InChI=1S/C21H13BrF3N3O2/c22-16-10-15(6-8-17(16)23)29-14-4-2-13(3-5-14)26-11-20-27-21(28-30-20)12-1-7-18(24)19(25)9-12/h1-10,26H,11H2. The molecule has 0 spiro atoms. The van der Waals surface area contributed by atoms with Crippen LogP contribution in [0.1, 0.15) is 5.89 Å². The number of nitrogens with zero attached hydrogens (tertiary/aromatic N) is 2. The quantitative estimate of drug-likeness (QED) is 0.353. The average molecular weight is 476 g/mol. The van der Waals surface area contributed by atoms with E-state index in [0.717, 1.165) is 17.8 Å². The summed E-state index contributed by atoms with van der Waals surface area (Å²) in [5, 5.41) is 6.89. The molecule has 30 heavy (non-hydrogen) atoms. The fourth-order valence-corrected chi connectivity index (χ4v) is 2.93. The molecule has 0 aliphatic rings. The maximum Gasteiger partial charge on any atom is 0.246 e. The number of benzene rings is 3. The molecule has 1 aromatic heterocycles. The Bertz CT molecular complexity index is 1180. The normalized spacial score (nSPS) is 10.8. The number of ether oxygens (including phenoxy) is 1. The van der Waals surface area contributed by atoms with Crippen molar-refractivity contribution in [2.45, 2.75) is 6.54 Å². The number of aromatic nitrogens is 2. The van der Waals surface area contributed by atoms with Crippen molar-refractivity contribution in [3.8, 4) is 22.9 Å². The molecule has 3 aromatic carbocycles. The Hall–Kier alpha value is -3.33. The van der Waals surface area contributed by atoms with Gasteiger partial charge in [-0.2, -0.15) is 4.98 Å². The topological polar surface area (TPSA) is 60.2 Å². The molecule has 0 saturated carbocycles. The predicted octanol–water partition coefficient (Wildman–Crippen LogP) is 6.32. The summed E-state index contributed by atoms with van der Waals surface area (Å²) in [7, 11) is 0. The smallest absolute Gasteiger partial charge is 0.246 e. The van der Waals surface area contributed by atoms with Gasteiger partial charge in [0.15, 0.2) is 11.6 Å². The Balaban J connectivity index is 1.36. The van der Waals surface area contributed by atoms with E-state index in [2.05, 4.69) is 31.4 Å². The van der Waals surface area contributed by atoms with Gasteiger partial charge in [-0.3, -0.25) is 0 Å². The number of halogens is 4. The van der Waals surface area contributed by atoms with Crippen molar-refractivity contribution in [2.75, 3.05) is 5.32 Å². The van der Waals surface area contributed by atoms with Gasteiger partial charge in [0.25, 0.3) is 0 Å². The van der Waals surface area contributed by atoms with Crippen LogP contribution >= 0.6 is 15.9 Å². The van der Waals surface area contributed by atoms with Gasteiger partial charge < -0.3 is 14.6 Å². The summed E-state index contributed by atoms with van der Waals surface area (Å²) in [6.07, 6.45) is 0. The molecule has 0 aliphatic heterocycles. The van der Waals surface area contributed by atoms with Crippen molar-refractivity contribution >= 4 is 21.6 Å². The second kappa shape index (κ2) is 8.58. The second-order valence-corrected chi connectivity index (χ2v) is 7.05. The molecule has 0 atom stereocenters. The summed E-state index contributed by atoms with van der Waals surface area (Å²) in [6.45, 7) is 0.238. The second-order valence-electron chi connectivity index (χ2n) is 6.20. The van der Waals surface area contributed by atoms with E-state index in [9.17, 15) is 13.2 Å². The fraction of sp³-hybridized carbons (Fsp3) is 0.0476. The summed E-state index contributed by atoms with van der Waals surface area (Å²) in [6, 6.07) is 14.9. The maximum atomic E-state index is 13.3. The van der Waals surface area contributed by atoms with Gasteiger partial charge in [0.1, 0.15) is 17.3 Å². The summed E-state index contributed by atoms with van der Waals surface area (Å²) in [4.78, 5) is 4.17. The summed E-state index contributed by atoms with van der Waals surface area (Å²) < 4.78 is 50.8. The molecule has 1 N–H and O–H groups in total. The van der Waals surface area contributed by atoms with E-state index in [4.69, 9.17) is 9.26 Å². The van der Waals surface area contributed by atoms with Crippen molar-refractivity contribution in [1.29, 1.82) is 0 Å². The van der Waals surface area contributed by atoms with Crippen molar-refractivity contribution in [3.05, 3.63) is 88.5 Å². The highest BCUT2D eigenvalue weighted by Gasteiger charge is 2.11. The summed E-state index contributed by atoms with van der Waals surface area (Å²) >= 11 is 3.12. The number of hydrogen-bond donors (Lipinski definition) is 1. The fourth-order valence-electron chi connectivity index (χ4n) is 2.57. The molecular weight excluding hydrogens is 463 g/mol. The minimum absolute atomic E-state index is 0.167. The highest BCUT2D eigenvalue weighted by atomic mass is 79.9. The van der Waals surface area contributed by atoms with Gasteiger partial charge in [0.05, 0.1) is 11.0 Å². The Morgan fingerprint density at radius 3 is 2.33 bits per heavy atom. The van der Waals surface area contributed by atoms with E-state index >= 15 is 0 Å². The zero-order valence-corrected chi connectivity index (χ0v) is 16.8. The van der Waals surface area contributed by atoms with Crippen LogP contribution in [0.5, 0.6) is 11.5 Å². The lowest BCUT2D eigenvalue weighted by Crippen LogP contribution is -1.99. The van der Waals surface area contributed by atoms with Crippen LogP contribution in [-0.2, 0) is 6.54 Å². The van der Waals surface area contributed by atoms with Gasteiger partial charge in [-0.05, 0) is 76.6 Å². The minimum atomic E-state index is -0.979. The zero-order valence-electron chi connectivity index (χ0n) is 15.2. The van der Waals surface area contributed by atoms with E-state index in [0.29, 0.717) is 21.5 Å². The van der Waals surface area contributed by atoms with Gasteiger partial charge in [-0.15, -0.1) is 0 Å². The molecule has 0 fully saturated rings. The van der Waals surface area contributed by atoms with E-state index < -0.39 is 11.6 Å². The lowest BCUT2D eigenvalue weighted by atomic mass is 10.2. The van der Waals surface area contributed by atoms with Crippen molar-refractivity contribution in [2.24, 2.45) is 0 Å². The van der Waals surface area contributed by atoms with Crippen LogP contribution in [0.3, 0.4) is 0 Å². The van der Waals surface area contributed by atoms with E-state index in [1.54, 1.807) is 30.3 Å². The van der Waals surface area contributed by atoms with Gasteiger partial charge in [0.2, 0.25) is 11.7 Å². The highest BCUT2D eigenvalue weighted by Crippen LogP contribution is 2.27. The first-order valence-corrected chi connectivity index (χ1v) is 9.52. The van der Waals surface area contributed by atoms with Crippen molar-refractivity contribution in [1.82, 2.24) is 10.1 Å². The van der Waals surface area contributed by atoms with Crippen molar-refractivity contribution in [3.63, 3.8) is 0 Å². The molecule has 0 aliphatic carbocycles. The first kappa shape index (κ1) is 20.0. The number of nitrogens with one attached hydrogen (secondary N) is 1. The van der Waals surface area contributed by atoms with E-state index in [1.807, 2.05) is 0 Å². The molecule has 0 bridgehead atoms. The number of rotatable bonds is 6. The van der Waals surface area contributed by atoms with Gasteiger partial charge >= 0.3 is 0 Å². The predicted molar refractivity (Wildman–Crippen MR) is 108 cm³/mol. The van der Waals surface area contributed by atoms with Crippen LogP contribution < -0.4 is 10.1 Å². The maximum absolute atomic E-state index is 13.3. The Labute approximate surface area is 177 Å². The Kier molecular flexibility index (Phi) is 5.71. The molecule has 9 heteroatoms. The van der Waals surface area contributed by atoms with Crippen LogP contribution in [-0.4, -0.2) is 10.1 Å². The molecule has 1 heterocycles. The first-order valence-electron chi connectivity index (χ1n) is 8.73. The highest BCUT2D eigenvalue weighted by molar-refractivity contribution is 9.10. The molecular formula is C21H13BrF3N3O2. The third kappa shape index (κ3) is 4.62. The van der Waals surface area contributed by atoms with Crippen molar-refractivity contribution < 1.29 is 22.4 Å². The number of anilines is 1. The average Bonchev–Trinajstić information content (AvgIpc) is 3.21. The minimum Gasteiger partial charge on any atom is -0.457 e. The molecule has 0 unspecified atom stereocenters. The molecule has 0 amide bonds. The van der Waals surface area contributed by atoms with Gasteiger partial charge in [-0.25, -0.2) is 13.2 Å². The molecule has 152 valence electrons. The number of hydrogen-bond acceptors (Lipinski definition) is 5. The zero-order chi connectivity index (χ0) is 21.1. The Morgan fingerprint density at radius 1 is 0.867 bits per heavy atom. The van der Waals surface area contributed by atoms with Gasteiger partial charge in [-0.1, -0.05) is 5.16 Å². The SMILES string of the molecule is Fc1ccc(-c2noc(CNc3ccc(Oc4ccc(F)c(Br)c4)cc3)n2)cc1F. The van der Waals surface area contributed by atoms with E-state index in [1.165, 1.54) is 18.2 Å². The third-order valence-electron chi connectivity index (χ3n) is 4.07. The summed E-state index contributed by atoms with van der Waals surface area (Å²) in [5.41, 5.74) is 1.09. The largest absolute Gasteiger partial charge is 0.457 e. The third-order valence-corrected chi connectivity index (χ3v) is 4.68. The lowest BCUT2D eigenvalue weighted by Gasteiger charge is -2.08.